The molecule has 2 N–H and O–H groups in total. The maximum Gasteiger partial charge on any atom is 0.160 e. The Morgan fingerprint density at radius 2 is 1.93 bits per heavy atom. The average Bonchev–Trinajstić information content (AvgIpc) is 2.28. The summed E-state index contributed by atoms with van der Waals surface area (Å²) >= 11 is 0. The van der Waals surface area contributed by atoms with Crippen molar-refractivity contribution in [1.29, 1.82) is 0 Å². The van der Waals surface area contributed by atoms with Gasteiger partial charge in [0, 0.05) is 6.54 Å². The summed E-state index contributed by atoms with van der Waals surface area (Å²) in [6.07, 6.45) is 0. The molecule has 1 unspecified atom stereocenters. The molecule has 84 valence electrons. The summed E-state index contributed by atoms with van der Waals surface area (Å²) in [6, 6.07) is 5.74. The molecule has 1 aromatic rings. The number of hydrogen-bond acceptors (Lipinski definition) is 4. The quantitative estimate of drug-likeness (QED) is 0.729. The topological polar surface area (TPSA) is 50.7 Å². The Kier molecular flexibility index (Phi) is 4.39. The van der Waals surface area contributed by atoms with E-state index in [1.807, 2.05) is 25.1 Å². The second-order valence-electron chi connectivity index (χ2n) is 3.38. The third kappa shape index (κ3) is 2.84. The summed E-state index contributed by atoms with van der Waals surface area (Å²) in [5.74, 6) is 1.64. The Morgan fingerprint density at radius 3 is 2.47 bits per heavy atom. The van der Waals surface area contributed by atoms with Crippen molar-refractivity contribution in [3.05, 3.63) is 23.8 Å². The molecule has 0 spiro atoms. The van der Waals surface area contributed by atoms with Gasteiger partial charge < -0.3 is 14.7 Å². The highest BCUT2D eigenvalue weighted by atomic mass is 16.5. The molecule has 0 aliphatic carbocycles. The molecular weight excluding hydrogens is 194 g/mol. The van der Waals surface area contributed by atoms with E-state index in [2.05, 4.69) is 5.48 Å². The lowest BCUT2D eigenvalue weighted by Gasteiger charge is -2.13. The fraction of sp³-hybridized carbons (Fsp3) is 0.455. The molecule has 4 nitrogen and oxygen atoms in total. The molecule has 1 aromatic carbocycles. The Bertz CT molecular complexity index is 315. The van der Waals surface area contributed by atoms with Crippen LogP contribution in [-0.2, 0) is 0 Å². The Hall–Kier alpha value is -1.26. The van der Waals surface area contributed by atoms with E-state index in [1.165, 1.54) is 0 Å². The predicted molar refractivity (Wildman–Crippen MR) is 57.8 cm³/mol. The van der Waals surface area contributed by atoms with E-state index in [-0.39, 0.29) is 5.92 Å². The second-order valence-corrected chi connectivity index (χ2v) is 3.38. The first kappa shape index (κ1) is 11.8. The minimum absolute atomic E-state index is 0.217. The predicted octanol–water partition coefficient (Wildman–Crippen LogP) is 1.79. The molecule has 0 amide bonds. The number of ether oxygens (including phenoxy) is 2. The number of methoxy groups -OCH3 is 2. The van der Waals surface area contributed by atoms with E-state index in [9.17, 15) is 0 Å². The van der Waals surface area contributed by atoms with E-state index >= 15 is 0 Å². The zero-order valence-corrected chi connectivity index (χ0v) is 9.28. The van der Waals surface area contributed by atoms with Crippen LogP contribution in [-0.4, -0.2) is 26.0 Å². The van der Waals surface area contributed by atoms with E-state index in [4.69, 9.17) is 14.7 Å². The highest BCUT2D eigenvalue weighted by Gasteiger charge is 2.09. The average molecular weight is 211 g/mol. The summed E-state index contributed by atoms with van der Waals surface area (Å²) in [7, 11) is 3.22. The molecule has 4 heteroatoms. The monoisotopic (exact) mass is 211 g/mol. The second kappa shape index (κ2) is 5.58. The van der Waals surface area contributed by atoms with Crippen LogP contribution in [0.4, 0.5) is 0 Å². The summed E-state index contributed by atoms with van der Waals surface area (Å²) in [4.78, 5) is 0. The van der Waals surface area contributed by atoms with Gasteiger partial charge in [-0.15, -0.1) is 0 Å². The van der Waals surface area contributed by atoms with Crippen molar-refractivity contribution in [2.24, 2.45) is 0 Å². The van der Waals surface area contributed by atoms with Gasteiger partial charge in [0.05, 0.1) is 14.2 Å². The fourth-order valence-electron chi connectivity index (χ4n) is 1.41. The van der Waals surface area contributed by atoms with E-state index in [0.29, 0.717) is 18.0 Å². The van der Waals surface area contributed by atoms with Crippen molar-refractivity contribution in [2.75, 3.05) is 20.8 Å². The summed E-state index contributed by atoms with van der Waals surface area (Å²) in [5, 5.41) is 8.62. The molecule has 0 saturated heterocycles. The van der Waals surface area contributed by atoms with Crippen LogP contribution in [0.25, 0.3) is 0 Å². The molecule has 1 atom stereocenters. The lowest BCUT2D eigenvalue weighted by atomic mass is 10.0. The Morgan fingerprint density at radius 1 is 1.27 bits per heavy atom. The number of nitrogens with one attached hydrogen (secondary N) is 1. The maximum absolute atomic E-state index is 8.62. The SMILES string of the molecule is COc1ccc(C(C)CNO)cc1OC. The lowest BCUT2D eigenvalue weighted by Crippen LogP contribution is -2.15. The van der Waals surface area contributed by atoms with Gasteiger partial charge in [0.1, 0.15) is 0 Å². The number of hydroxylamine groups is 1. The van der Waals surface area contributed by atoms with Gasteiger partial charge in [-0.2, -0.15) is 0 Å². The van der Waals surface area contributed by atoms with Gasteiger partial charge in [0.15, 0.2) is 11.5 Å². The molecular formula is C11H17NO3. The minimum atomic E-state index is 0.217. The van der Waals surface area contributed by atoms with E-state index in [0.717, 1.165) is 5.56 Å². The van der Waals surface area contributed by atoms with E-state index in [1.54, 1.807) is 14.2 Å². The van der Waals surface area contributed by atoms with Crippen LogP contribution in [0.5, 0.6) is 11.5 Å². The molecule has 0 radical (unpaired) electrons. The molecule has 15 heavy (non-hydrogen) atoms. The Balaban J connectivity index is 2.92. The van der Waals surface area contributed by atoms with Crippen molar-refractivity contribution in [2.45, 2.75) is 12.8 Å². The molecule has 0 saturated carbocycles. The normalized spacial score (nSPS) is 12.3. The molecule has 0 aliphatic rings. The van der Waals surface area contributed by atoms with Crippen molar-refractivity contribution >= 4 is 0 Å². The number of hydrogen-bond donors (Lipinski definition) is 2. The molecule has 0 fully saturated rings. The highest BCUT2D eigenvalue weighted by Crippen LogP contribution is 2.30. The first-order valence-electron chi connectivity index (χ1n) is 4.81. The molecule has 0 aliphatic heterocycles. The van der Waals surface area contributed by atoms with Crippen LogP contribution >= 0.6 is 0 Å². The van der Waals surface area contributed by atoms with Crippen LogP contribution in [0, 0.1) is 0 Å². The van der Waals surface area contributed by atoms with Gasteiger partial charge in [-0.3, -0.25) is 0 Å². The van der Waals surface area contributed by atoms with Gasteiger partial charge in [0.2, 0.25) is 0 Å². The smallest absolute Gasteiger partial charge is 0.160 e. The van der Waals surface area contributed by atoms with Crippen LogP contribution < -0.4 is 15.0 Å². The first-order valence-corrected chi connectivity index (χ1v) is 4.81. The van der Waals surface area contributed by atoms with Crippen LogP contribution in [0.15, 0.2) is 18.2 Å². The molecule has 0 aromatic heterocycles. The Labute approximate surface area is 89.8 Å². The highest BCUT2D eigenvalue weighted by molar-refractivity contribution is 5.43. The summed E-state index contributed by atoms with van der Waals surface area (Å²) < 4.78 is 10.3. The molecule has 1 rings (SSSR count). The van der Waals surface area contributed by atoms with Crippen LogP contribution in [0.1, 0.15) is 18.4 Å². The maximum atomic E-state index is 8.62. The van der Waals surface area contributed by atoms with Gasteiger partial charge >= 0.3 is 0 Å². The fourth-order valence-corrected chi connectivity index (χ4v) is 1.41. The van der Waals surface area contributed by atoms with Crippen molar-refractivity contribution < 1.29 is 14.7 Å². The third-order valence-corrected chi connectivity index (χ3v) is 2.37. The van der Waals surface area contributed by atoms with Crippen molar-refractivity contribution in [1.82, 2.24) is 5.48 Å². The minimum Gasteiger partial charge on any atom is -0.493 e. The van der Waals surface area contributed by atoms with Crippen LogP contribution in [0.3, 0.4) is 0 Å². The zero-order chi connectivity index (χ0) is 11.3. The standard InChI is InChI=1S/C11H17NO3/c1-8(7-12-13)9-4-5-10(14-2)11(6-9)15-3/h4-6,8,12-13H,7H2,1-3H3. The molecule has 0 heterocycles. The van der Waals surface area contributed by atoms with Crippen molar-refractivity contribution in [3.63, 3.8) is 0 Å². The number of rotatable bonds is 5. The summed E-state index contributed by atoms with van der Waals surface area (Å²) in [5.41, 5.74) is 3.25. The van der Waals surface area contributed by atoms with Gasteiger partial charge in [-0.25, -0.2) is 5.48 Å². The zero-order valence-electron chi connectivity index (χ0n) is 9.28. The van der Waals surface area contributed by atoms with Gasteiger partial charge in [-0.05, 0) is 23.6 Å². The largest absolute Gasteiger partial charge is 0.493 e. The van der Waals surface area contributed by atoms with Gasteiger partial charge in [0.25, 0.3) is 0 Å². The van der Waals surface area contributed by atoms with Gasteiger partial charge in [-0.1, -0.05) is 13.0 Å². The lowest BCUT2D eigenvalue weighted by molar-refractivity contribution is 0.161. The van der Waals surface area contributed by atoms with Crippen LogP contribution in [0.2, 0.25) is 0 Å². The first-order chi connectivity index (χ1) is 7.22. The van der Waals surface area contributed by atoms with E-state index < -0.39 is 0 Å². The number of benzene rings is 1. The third-order valence-electron chi connectivity index (χ3n) is 2.37. The summed E-state index contributed by atoms with van der Waals surface area (Å²) in [6.45, 7) is 2.53. The van der Waals surface area contributed by atoms with Crippen molar-refractivity contribution in [3.8, 4) is 11.5 Å². The molecule has 0 bridgehead atoms.